The van der Waals surface area contributed by atoms with E-state index in [4.69, 9.17) is 16.3 Å². The third-order valence-corrected chi connectivity index (χ3v) is 3.22. The molecule has 1 unspecified atom stereocenters. The summed E-state index contributed by atoms with van der Waals surface area (Å²) >= 11 is 6.22. The first-order valence-corrected chi connectivity index (χ1v) is 5.94. The summed E-state index contributed by atoms with van der Waals surface area (Å²) in [6, 6.07) is 4.18. The quantitative estimate of drug-likeness (QED) is 0.643. The number of aryl methyl sites for hydroxylation is 1. The first kappa shape index (κ1) is 13.3. The third kappa shape index (κ3) is 2.69. The Morgan fingerprint density at radius 2 is 1.88 bits per heavy atom. The molecule has 90 valence electrons. The Labute approximate surface area is 103 Å². The highest BCUT2D eigenvalue weighted by molar-refractivity contribution is 6.20. The second-order valence-electron chi connectivity index (χ2n) is 4.26. The molecule has 1 rings (SSSR count). The van der Waals surface area contributed by atoms with Gasteiger partial charge in [0.1, 0.15) is 11.3 Å². The second-order valence-corrected chi connectivity index (χ2v) is 4.69. The summed E-state index contributed by atoms with van der Waals surface area (Å²) in [5, 5.41) is 3.05. The Balaban J connectivity index is 3.27. The maximum atomic E-state index is 6.22. The summed E-state index contributed by atoms with van der Waals surface area (Å²) in [7, 11) is 3.56. The van der Waals surface area contributed by atoms with Gasteiger partial charge in [0.25, 0.3) is 0 Å². The van der Waals surface area contributed by atoms with Crippen molar-refractivity contribution in [3.05, 3.63) is 28.8 Å². The molecule has 0 radical (unpaired) electrons. The highest BCUT2D eigenvalue weighted by Gasteiger charge is 2.14. The Morgan fingerprint density at radius 1 is 1.25 bits per heavy atom. The van der Waals surface area contributed by atoms with E-state index in [1.54, 1.807) is 7.11 Å². The second kappa shape index (κ2) is 5.55. The molecule has 0 aliphatic carbocycles. The van der Waals surface area contributed by atoms with Crippen LogP contribution >= 0.6 is 11.6 Å². The van der Waals surface area contributed by atoms with Gasteiger partial charge in [-0.2, -0.15) is 0 Å². The van der Waals surface area contributed by atoms with Crippen molar-refractivity contribution < 1.29 is 4.74 Å². The van der Waals surface area contributed by atoms with Gasteiger partial charge in [0.2, 0.25) is 0 Å². The lowest BCUT2D eigenvalue weighted by molar-refractivity contribution is 0.407. The van der Waals surface area contributed by atoms with Crippen molar-refractivity contribution in [3.8, 4) is 5.75 Å². The molecule has 0 heterocycles. The summed E-state index contributed by atoms with van der Waals surface area (Å²) < 4.78 is 5.39. The van der Waals surface area contributed by atoms with Gasteiger partial charge in [-0.25, -0.2) is 0 Å². The first-order valence-electron chi connectivity index (χ1n) is 5.51. The fourth-order valence-electron chi connectivity index (χ4n) is 1.77. The molecule has 0 aromatic heterocycles. The molecule has 0 fully saturated rings. The molecule has 0 spiro atoms. The van der Waals surface area contributed by atoms with Crippen LogP contribution in [0.1, 0.15) is 42.0 Å². The van der Waals surface area contributed by atoms with Crippen LogP contribution in [0.3, 0.4) is 0 Å². The molecule has 0 bridgehead atoms. The molecule has 1 aromatic carbocycles. The van der Waals surface area contributed by atoms with Gasteiger partial charge in [-0.1, -0.05) is 13.8 Å². The fourth-order valence-corrected chi connectivity index (χ4v) is 2.01. The van der Waals surface area contributed by atoms with E-state index in [1.165, 1.54) is 5.56 Å². The number of benzene rings is 1. The summed E-state index contributed by atoms with van der Waals surface area (Å²) in [4.78, 5) is 0. The van der Waals surface area contributed by atoms with Crippen LogP contribution < -0.4 is 10.1 Å². The molecular weight excluding hydrogens is 222 g/mol. The number of ether oxygens (including phenoxy) is 1. The van der Waals surface area contributed by atoms with Crippen LogP contribution in [0.5, 0.6) is 5.75 Å². The van der Waals surface area contributed by atoms with Crippen LogP contribution in [-0.2, 0) is 0 Å². The summed E-state index contributed by atoms with van der Waals surface area (Å²) in [5.41, 5.74) is 3.32. The third-order valence-electron chi connectivity index (χ3n) is 2.77. The standard InChI is InChI=1S/C13H20ClNO/c1-8(2)10-7-11(13(14)15-4)9(3)6-12(10)16-5/h6-8,13,15H,1-5H3. The van der Waals surface area contributed by atoms with Crippen molar-refractivity contribution in [2.24, 2.45) is 0 Å². The van der Waals surface area contributed by atoms with E-state index in [1.807, 2.05) is 7.05 Å². The average Bonchev–Trinajstić information content (AvgIpc) is 2.27. The number of halogens is 1. The highest BCUT2D eigenvalue weighted by Crippen LogP contribution is 2.32. The Kier molecular flexibility index (Phi) is 4.63. The topological polar surface area (TPSA) is 21.3 Å². The van der Waals surface area contributed by atoms with Gasteiger partial charge in [0.05, 0.1) is 7.11 Å². The van der Waals surface area contributed by atoms with Crippen molar-refractivity contribution in [3.63, 3.8) is 0 Å². The SMILES string of the molecule is CNC(Cl)c1cc(C(C)C)c(OC)cc1C. The molecule has 0 amide bonds. The van der Waals surface area contributed by atoms with Gasteiger partial charge in [-0.3, -0.25) is 0 Å². The molecule has 1 N–H and O–H groups in total. The van der Waals surface area contributed by atoms with Gasteiger partial charge in [-0.15, -0.1) is 11.6 Å². The monoisotopic (exact) mass is 241 g/mol. The molecule has 1 atom stereocenters. The summed E-state index contributed by atoms with van der Waals surface area (Å²) in [6.45, 7) is 6.35. The average molecular weight is 242 g/mol. The summed E-state index contributed by atoms with van der Waals surface area (Å²) in [6.07, 6.45) is 0. The maximum Gasteiger partial charge on any atom is 0.122 e. The van der Waals surface area contributed by atoms with Crippen molar-refractivity contribution in [1.82, 2.24) is 5.32 Å². The summed E-state index contributed by atoms with van der Waals surface area (Å²) in [5.74, 6) is 1.37. The number of hydrogen-bond donors (Lipinski definition) is 1. The van der Waals surface area contributed by atoms with Gasteiger partial charge >= 0.3 is 0 Å². The molecule has 3 heteroatoms. The van der Waals surface area contributed by atoms with Crippen molar-refractivity contribution in [1.29, 1.82) is 0 Å². The number of methoxy groups -OCH3 is 1. The van der Waals surface area contributed by atoms with Crippen LogP contribution in [0, 0.1) is 6.92 Å². The zero-order valence-corrected chi connectivity index (χ0v) is 11.4. The molecule has 16 heavy (non-hydrogen) atoms. The van der Waals surface area contributed by atoms with Crippen molar-refractivity contribution in [2.75, 3.05) is 14.2 Å². The largest absolute Gasteiger partial charge is 0.496 e. The lowest BCUT2D eigenvalue weighted by Crippen LogP contribution is -2.12. The molecule has 0 aliphatic rings. The van der Waals surface area contributed by atoms with E-state index >= 15 is 0 Å². The molecule has 0 saturated heterocycles. The van der Waals surface area contributed by atoms with Crippen LogP contribution in [0.25, 0.3) is 0 Å². The van der Waals surface area contributed by atoms with E-state index < -0.39 is 0 Å². The van der Waals surface area contributed by atoms with Crippen molar-refractivity contribution >= 4 is 11.6 Å². The number of rotatable bonds is 4. The van der Waals surface area contributed by atoms with E-state index in [0.717, 1.165) is 16.9 Å². The zero-order valence-electron chi connectivity index (χ0n) is 10.6. The highest BCUT2D eigenvalue weighted by atomic mass is 35.5. The predicted octanol–water partition coefficient (Wildman–Crippen LogP) is 3.58. The minimum absolute atomic E-state index is 0.150. The fraction of sp³-hybridized carbons (Fsp3) is 0.538. The van der Waals surface area contributed by atoms with E-state index in [-0.39, 0.29) is 5.50 Å². The molecule has 0 saturated carbocycles. The Morgan fingerprint density at radius 3 is 2.31 bits per heavy atom. The Bertz CT molecular complexity index is 363. The lowest BCUT2D eigenvalue weighted by Gasteiger charge is -2.18. The van der Waals surface area contributed by atoms with E-state index in [2.05, 4.69) is 38.2 Å². The number of alkyl halides is 1. The molecule has 0 aliphatic heterocycles. The number of hydrogen-bond acceptors (Lipinski definition) is 2. The van der Waals surface area contributed by atoms with Gasteiger partial charge < -0.3 is 10.1 Å². The normalized spacial score (nSPS) is 12.9. The maximum absolute atomic E-state index is 6.22. The van der Waals surface area contributed by atoms with Crippen LogP contribution in [0.2, 0.25) is 0 Å². The van der Waals surface area contributed by atoms with Gasteiger partial charge in [0, 0.05) is 0 Å². The zero-order chi connectivity index (χ0) is 12.3. The van der Waals surface area contributed by atoms with Crippen LogP contribution in [-0.4, -0.2) is 14.2 Å². The Hall–Kier alpha value is -0.730. The molecule has 2 nitrogen and oxygen atoms in total. The van der Waals surface area contributed by atoms with Gasteiger partial charge in [0.15, 0.2) is 0 Å². The lowest BCUT2D eigenvalue weighted by atomic mass is 9.96. The van der Waals surface area contributed by atoms with Crippen LogP contribution in [0.4, 0.5) is 0 Å². The first-order chi connectivity index (χ1) is 7.51. The molecular formula is C13H20ClNO. The molecule has 1 aromatic rings. The van der Waals surface area contributed by atoms with Crippen molar-refractivity contribution in [2.45, 2.75) is 32.2 Å². The minimum Gasteiger partial charge on any atom is -0.496 e. The smallest absolute Gasteiger partial charge is 0.122 e. The van der Waals surface area contributed by atoms with E-state index in [0.29, 0.717) is 5.92 Å². The van der Waals surface area contributed by atoms with E-state index in [9.17, 15) is 0 Å². The minimum atomic E-state index is -0.150. The number of nitrogens with one attached hydrogen (secondary N) is 1. The van der Waals surface area contributed by atoms with Crippen LogP contribution in [0.15, 0.2) is 12.1 Å². The predicted molar refractivity (Wildman–Crippen MR) is 69.5 cm³/mol. The van der Waals surface area contributed by atoms with Gasteiger partial charge in [-0.05, 0) is 48.7 Å².